The Morgan fingerprint density at radius 3 is 2.48 bits per heavy atom. The molecule has 0 atom stereocenters. The number of carbonyl (C=O) groups excluding carboxylic acids is 2. The molecular weight excluding hydrogens is 358 g/mol. The van der Waals surface area contributed by atoms with Gasteiger partial charge in [0, 0.05) is 17.1 Å². The van der Waals surface area contributed by atoms with Crippen molar-refractivity contribution < 1.29 is 9.59 Å². The summed E-state index contributed by atoms with van der Waals surface area (Å²) in [5.41, 5.74) is 3.54. The Morgan fingerprint density at radius 1 is 1.08 bits per heavy atom. The number of fused-ring (bicyclic) bond motifs is 1. The number of halogens is 1. The van der Waals surface area contributed by atoms with Crippen molar-refractivity contribution in [2.45, 2.75) is 0 Å². The minimum Gasteiger partial charge on any atom is -0.342 e. The van der Waals surface area contributed by atoms with Gasteiger partial charge in [-0.25, -0.2) is 0 Å². The molecule has 2 amide bonds. The van der Waals surface area contributed by atoms with Gasteiger partial charge in [0.1, 0.15) is 4.88 Å². The van der Waals surface area contributed by atoms with Crippen LogP contribution in [0.3, 0.4) is 0 Å². The first-order valence-electron chi connectivity index (χ1n) is 7.60. The van der Waals surface area contributed by atoms with Crippen molar-refractivity contribution in [3.63, 3.8) is 0 Å². The van der Waals surface area contributed by atoms with Gasteiger partial charge in [-0.1, -0.05) is 48.0 Å². The Labute approximate surface area is 154 Å². The van der Waals surface area contributed by atoms with Gasteiger partial charge in [-0.2, -0.15) is 0 Å². The van der Waals surface area contributed by atoms with E-state index in [-0.39, 0.29) is 18.4 Å². The van der Waals surface area contributed by atoms with Crippen molar-refractivity contribution in [2.24, 2.45) is 0 Å². The van der Waals surface area contributed by atoms with Gasteiger partial charge in [-0.15, -0.1) is 11.3 Å². The van der Waals surface area contributed by atoms with Gasteiger partial charge in [-0.05, 0) is 18.2 Å². The van der Waals surface area contributed by atoms with E-state index in [1.165, 1.54) is 11.3 Å². The number of hydrazine groups is 1. The van der Waals surface area contributed by atoms with Crippen LogP contribution in [0.1, 0.15) is 9.67 Å². The number of benzene rings is 2. The molecule has 2 N–H and O–H groups in total. The second-order valence-electron chi connectivity index (χ2n) is 5.35. The zero-order chi connectivity index (χ0) is 17.8. The maximum Gasteiger partial charge on any atom is 0.263 e. The first kappa shape index (κ1) is 17.3. The Hall–Kier alpha value is -2.57. The summed E-state index contributed by atoms with van der Waals surface area (Å²) in [7, 11) is 1.73. The van der Waals surface area contributed by atoms with Crippen molar-refractivity contribution in [3.05, 3.63) is 64.5 Å². The maximum atomic E-state index is 12.3. The molecule has 0 aliphatic carbocycles. The fourth-order valence-corrected chi connectivity index (χ4v) is 3.78. The van der Waals surface area contributed by atoms with Crippen molar-refractivity contribution >= 4 is 50.5 Å². The largest absolute Gasteiger partial charge is 0.342 e. The van der Waals surface area contributed by atoms with E-state index in [1.54, 1.807) is 12.1 Å². The van der Waals surface area contributed by atoms with Gasteiger partial charge in [0.15, 0.2) is 0 Å². The van der Waals surface area contributed by atoms with Crippen LogP contribution in [0.2, 0.25) is 5.02 Å². The first-order valence-corrected chi connectivity index (χ1v) is 8.79. The Balaban J connectivity index is 1.60. The van der Waals surface area contributed by atoms with Crippen molar-refractivity contribution in [2.75, 3.05) is 18.6 Å². The fraction of sp³-hybridized carbons (Fsp3) is 0.111. The molecule has 1 heterocycles. The fourth-order valence-electron chi connectivity index (χ4n) is 2.34. The molecule has 0 saturated carbocycles. The molecule has 0 aliphatic rings. The Bertz CT molecular complexity index is 911. The number of amides is 2. The number of nitrogens with one attached hydrogen (secondary N) is 2. The lowest BCUT2D eigenvalue weighted by atomic mass is 10.2. The molecule has 0 radical (unpaired) electrons. The van der Waals surface area contributed by atoms with Gasteiger partial charge in [0.25, 0.3) is 11.8 Å². The van der Waals surface area contributed by atoms with Crippen LogP contribution in [0.15, 0.2) is 54.6 Å². The normalized spacial score (nSPS) is 10.5. The van der Waals surface area contributed by atoms with Crippen LogP contribution < -0.4 is 15.8 Å². The van der Waals surface area contributed by atoms with Gasteiger partial charge in [0.05, 0.1) is 17.3 Å². The first-order chi connectivity index (χ1) is 12.1. The number of carbonyl (C=O) groups is 2. The molecule has 0 unspecified atom stereocenters. The number of anilines is 1. The molecule has 3 aromatic rings. The van der Waals surface area contributed by atoms with Crippen LogP contribution in [0.5, 0.6) is 0 Å². The molecule has 128 valence electrons. The van der Waals surface area contributed by atoms with Crippen LogP contribution in [-0.4, -0.2) is 25.4 Å². The van der Waals surface area contributed by atoms with Crippen LogP contribution >= 0.6 is 22.9 Å². The molecule has 3 rings (SSSR count). The summed E-state index contributed by atoms with van der Waals surface area (Å²) in [4.78, 5) is 24.7. The van der Waals surface area contributed by atoms with E-state index < -0.39 is 0 Å². The highest BCUT2D eigenvalue weighted by Crippen LogP contribution is 2.34. The monoisotopic (exact) mass is 373 g/mol. The zero-order valence-corrected chi connectivity index (χ0v) is 15.0. The number of nitrogens with zero attached hydrogens (tertiary/aromatic N) is 1. The van der Waals surface area contributed by atoms with Gasteiger partial charge in [0.2, 0.25) is 0 Å². The average molecular weight is 374 g/mol. The van der Waals surface area contributed by atoms with E-state index in [0.29, 0.717) is 9.90 Å². The molecule has 2 aromatic carbocycles. The summed E-state index contributed by atoms with van der Waals surface area (Å²) in [5.74, 6) is -0.680. The minimum atomic E-state index is -0.358. The minimum absolute atomic E-state index is 0.138. The third-order valence-corrected chi connectivity index (χ3v) is 5.26. The average Bonchev–Trinajstić information content (AvgIpc) is 2.97. The molecule has 1 aromatic heterocycles. The Kier molecular flexibility index (Phi) is 5.21. The van der Waals surface area contributed by atoms with E-state index in [2.05, 4.69) is 10.7 Å². The highest BCUT2D eigenvalue weighted by Gasteiger charge is 2.17. The van der Waals surface area contributed by atoms with E-state index in [4.69, 9.17) is 11.6 Å². The van der Waals surface area contributed by atoms with E-state index in [0.717, 1.165) is 15.8 Å². The molecule has 0 aliphatic heterocycles. The highest BCUT2D eigenvalue weighted by atomic mass is 35.5. The molecule has 5 nitrogen and oxygen atoms in total. The standard InChI is InChI=1S/C18H16ClN3O2S/c1-22(12-7-3-2-4-8-12)21-15(23)11-20-18(24)17-16(19)13-9-5-6-10-14(13)25-17/h2-10H,11H2,1H3,(H,20,24)(H,21,23). The summed E-state index contributed by atoms with van der Waals surface area (Å²) in [6.45, 7) is -0.138. The van der Waals surface area contributed by atoms with E-state index in [1.807, 2.05) is 54.6 Å². The predicted octanol–water partition coefficient (Wildman–Crippen LogP) is 3.45. The van der Waals surface area contributed by atoms with Gasteiger partial charge < -0.3 is 5.32 Å². The summed E-state index contributed by atoms with van der Waals surface area (Å²) in [5, 5.41) is 5.46. The summed E-state index contributed by atoms with van der Waals surface area (Å²) in [6, 6.07) is 16.9. The van der Waals surface area contributed by atoms with Crippen LogP contribution in [0.25, 0.3) is 10.1 Å². The third-order valence-electron chi connectivity index (χ3n) is 3.59. The second-order valence-corrected chi connectivity index (χ2v) is 6.78. The maximum absolute atomic E-state index is 12.3. The molecule has 0 bridgehead atoms. The second kappa shape index (κ2) is 7.55. The molecular formula is C18H16ClN3O2S. The molecule has 0 fully saturated rings. The van der Waals surface area contributed by atoms with E-state index >= 15 is 0 Å². The molecule has 0 saturated heterocycles. The number of hydrogen-bond acceptors (Lipinski definition) is 4. The lowest BCUT2D eigenvalue weighted by Crippen LogP contribution is -2.44. The SMILES string of the molecule is CN(NC(=O)CNC(=O)c1sc2ccccc2c1Cl)c1ccccc1. The number of rotatable bonds is 5. The number of para-hydroxylation sites is 1. The third kappa shape index (κ3) is 3.92. The number of hydrogen-bond donors (Lipinski definition) is 2. The topological polar surface area (TPSA) is 61.4 Å². The summed E-state index contributed by atoms with van der Waals surface area (Å²) >= 11 is 7.58. The highest BCUT2D eigenvalue weighted by molar-refractivity contribution is 7.21. The quantitative estimate of drug-likeness (QED) is 0.673. The molecule has 7 heteroatoms. The van der Waals surface area contributed by atoms with Crippen molar-refractivity contribution in [3.8, 4) is 0 Å². The molecule has 25 heavy (non-hydrogen) atoms. The summed E-state index contributed by atoms with van der Waals surface area (Å²) in [6.07, 6.45) is 0. The lowest BCUT2D eigenvalue weighted by Gasteiger charge is -2.20. The summed E-state index contributed by atoms with van der Waals surface area (Å²) < 4.78 is 0.936. The van der Waals surface area contributed by atoms with Gasteiger partial charge in [-0.3, -0.25) is 20.0 Å². The van der Waals surface area contributed by atoms with Crippen LogP contribution in [0, 0.1) is 0 Å². The number of thiophene rings is 1. The van der Waals surface area contributed by atoms with Crippen molar-refractivity contribution in [1.82, 2.24) is 10.7 Å². The lowest BCUT2D eigenvalue weighted by molar-refractivity contribution is -0.120. The predicted molar refractivity (Wildman–Crippen MR) is 102 cm³/mol. The van der Waals surface area contributed by atoms with Gasteiger partial charge >= 0.3 is 0 Å². The van der Waals surface area contributed by atoms with Crippen LogP contribution in [-0.2, 0) is 4.79 Å². The van der Waals surface area contributed by atoms with Crippen LogP contribution in [0.4, 0.5) is 5.69 Å². The zero-order valence-electron chi connectivity index (χ0n) is 13.5. The smallest absolute Gasteiger partial charge is 0.263 e. The van der Waals surface area contributed by atoms with Crippen molar-refractivity contribution in [1.29, 1.82) is 0 Å². The Morgan fingerprint density at radius 2 is 1.76 bits per heavy atom. The van der Waals surface area contributed by atoms with E-state index in [9.17, 15) is 9.59 Å². The molecule has 0 spiro atoms.